The van der Waals surface area contributed by atoms with E-state index >= 15 is 0 Å². The molecule has 1 unspecified atom stereocenters. The standard InChI is InChI=1S/C17H17FN2O/c18-16-6-5-12(8-19)7-14(16)10-20-9-13-3-1-2-4-17(21)15(13)11-20/h5-7,9,11,17,21H,1-4,10H2. The first kappa shape index (κ1) is 13.8. The Labute approximate surface area is 123 Å². The van der Waals surface area contributed by atoms with Crippen molar-refractivity contribution in [2.75, 3.05) is 0 Å². The van der Waals surface area contributed by atoms with Crippen LogP contribution in [0.15, 0.2) is 30.6 Å². The van der Waals surface area contributed by atoms with Crippen LogP contribution in [0.5, 0.6) is 0 Å². The highest BCUT2D eigenvalue weighted by Gasteiger charge is 2.18. The van der Waals surface area contributed by atoms with E-state index in [1.807, 2.05) is 23.0 Å². The van der Waals surface area contributed by atoms with Crippen LogP contribution in [-0.2, 0) is 13.0 Å². The molecular formula is C17H17FN2O. The van der Waals surface area contributed by atoms with Crippen LogP contribution in [0.25, 0.3) is 0 Å². The molecule has 1 aliphatic carbocycles. The van der Waals surface area contributed by atoms with E-state index in [0.717, 1.165) is 36.8 Å². The van der Waals surface area contributed by atoms with Crippen LogP contribution in [-0.4, -0.2) is 9.67 Å². The van der Waals surface area contributed by atoms with Crippen molar-refractivity contribution in [1.82, 2.24) is 4.57 Å². The molecule has 1 aromatic heterocycles. The average Bonchev–Trinajstić information content (AvgIpc) is 2.81. The van der Waals surface area contributed by atoms with Crippen LogP contribution in [0.4, 0.5) is 4.39 Å². The third-order valence-corrected chi connectivity index (χ3v) is 4.06. The van der Waals surface area contributed by atoms with Gasteiger partial charge in [-0.3, -0.25) is 0 Å². The predicted octanol–water partition coefficient (Wildman–Crippen LogP) is 3.31. The number of halogens is 1. The fraction of sp³-hybridized carbons (Fsp3) is 0.353. The smallest absolute Gasteiger partial charge is 0.128 e. The minimum Gasteiger partial charge on any atom is -0.388 e. The van der Waals surface area contributed by atoms with E-state index in [-0.39, 0.29) is 5.82 Å². The van der Waals surface area contributed by atoms with Crippen LogP contribution >= 0.6 is 0 Å². The van der Waals surface area contributed by atoms with Gasteiger partial charge in [0.1, 0.15) is 5.82 Å². The van der Waals surface area contributed by atoms with Gasteiger partial charge in [-0.25, -0.2) is 4.39 Å². The normalized spacial score (nSPS) is 17.9. The summed E-state index contributed by atoms with van der Waals surface area (Å²) in [7, 11) is 0. The maximum atomic E-state index is 13.8. The molecule has 0 saturated carbocycles. The Morgan fingerprint density at radius 2 is 2.19 bits per heavy atom. The summed E-state index contributed by atoms with van der Waals surface area (Å²) in [5.74, 6) is -0.307. The first-order valence-corrected chi connectivity index (χ1v) is 7.22. The van der Waals surface area contributed by atoms with Gasteiger partial charge < -0.3 is 9.67 Å². The molecule has 3 rings (SSSR count). The molecule has 0 spiro atoms. The lowest BCUT2D eigenvalue weighted by Crippen LogP contribution is -2.01. The van der Waals surface area contributed by atoms with Crippen molar-refractivity contribution in [2.24, 2.45) is 0 Å². The van der Waals surface area contributed by atoms with Gasteiger partial charge in [0, 0.05) is 30.1 Å². The molecule has 0 saturated heterocycles. The second kappa shape index (κ2) is 5.71. The van der Waals surface area contributed by atoms with Crippen LogP contribution in [0.2, 0.25) is 0 Å². The summed E-state index contributed by atoms with van der Waals surface area (Å²) in [5, 5.41) is 19.0. The van der Waals surface area contributed by atoms with Crippen LogP contribution in [0, 0.1) is 17.1 Å². The van der Waals surface area contributed by atoms with Gasteiger partial charge in [-0.1, -0.05) is 6.42 Å². The molecule has 0 amide bonds. The van der Waals surface area contributed by atoms with Gasteiger partial charge in [0.15, 0.2) is 0 Å². The zero-order chi connectivity index (χ0) is 14.8. The number of benzene rings is 1. The molecule has 1 aliphatic rings. The third-order valence-electron chi connectivity index (χ3n) is 4.06. The van der Waals surface area contributed by atoms with Gasteiger partial charge in [0.2, 0.25) is 0 Å². The number of aryl methyl sites for hydroxylation is 1. The Balaban J connectivity index is 1.89. The number of rotatable bonds is 2. The molecule has 0 bridgehead atoms. The first-order chi connectivity index (χ1) is 10.2. The Morgan fingerprint density at radius 1 is 1.33 bits per heavy atom. The van der Waals surface area contributed by atoms with Crippen molar-refractivity contribution in [2.45, 2.75) is 38.3 Å². The van der Waals surface area contributed by atoms with Crippen molar-refractivity contribution in [1.29, 1.82) is 5.26 Å². The molecule has 3 nitrogen and oxygen atoms in total. The number of aliphatic hydroxyl groups is 1. The van der Waals surface area contributed by atoms with Gasteiger partial charge in [0.25, 0.3) is 0 Å². The van der Waals surface area contributed by atoms with E-state index in [0.29, 0.717) is 17.7 Å². The summed E-state index contributed by atoms with van der Waals surface area (Å²) in [6.45, 7) is 0.376. The largest absolute Gasteiger partial charge is 0.388 e. The molecule has 1 N–H and O–H groups in total. The number of hydrogen-bond donors (Lipinski definition) is 1. The topological polar surface area (TPSA) is 49.0 Å². The predicted molar refractivity (Wildman–Crippen MR) is 77.2 cm³/mol. The quantitative estimate of drug-likeness (QED) is 0.860. The zero-order valence-electron chi connectivity index (χ0n) is 11.7. The fourth-order valence-corrected chi connectivity index (χ4v) is 2.94. The lowest BCUT2D eigenvalue weighted by atomic mass is 10.1. The summed E-state index contributed by atoms with van der Waals surface area (Å²) >= 11 is 0. The van der Waals surface area contributed by atoms with Gasteiger partial charge >= 0.3 is 0 Å². The van der Waals surface area contributed by atoms with Crippen molar-refractivity contribution >= 4 is 0 Å². The van der Waals surface area contributed by atoms with Gasteiger partial charge in [0.05, 0.1) is 17.7 Å². The molecule has 1 atom stereocenters. The highest BCUT2D eigenvalue weighted by molar-refractivity contribution is 5.35. The molecule has 4 heteroatoms. The van der Waals surface area contributed by atoms with Crippen molar-refractivity contribution < 1.29 is 9.50 Å². The minimum absolute atomic E-state index is 0.307. The molecule has 21 heavy (non-hydrogen) atoms. The fourth-order valence-electron chi connectivity index (χ4n) is 2.94. The number of fused-ring (bicyclic) bond motifs is 1. The maximum Gasteiger partial charge on any atom is 0.128 e. The molecule has 2 aromatic rings. The van der Waals surface area contributed by atoms with Crippen molar-refractivity contribution in [3.8, 4) is 6.07 Å². The summed E-state index contributed by atoms with van der Waals surface area (Å²) in [4.78, 5) is 0. The summed E-state index contributed by atoms with van der Waals surface area (Å²) < 4.78 is 15.7. The Morgan fingerprint density at radius 3 is 3.00 bits per heavy atom. The van der Waals surface area contributed by atoms with Crippen molar-refractivity contribution in [3.05, 3.63) is 58.7 Å². The number of nitrogens with zero attached hydrogens (tertiary/aromatic N) is 2. The second-order valence-corrected chi connectivity index (χ2v) is 5.59. The van der Waals surface area contributed by atoms with E-state index in [2.05, 4.69) is 0 Å². The van der Waals surface area contributed by atoms with Gasteiger partial charge in [-0.15, -0.1) is 0 Å². The lowest BCUT2D eigenvalue weighted by Gasteiger charge is -2.07. The van der Waals surface area contributed by atoms with E-state index in [9.17, 15) is 9.50 Å². The number of aromatic nitrogens is 1. The molecule has 0 radical (unpaired) electrons. The Hall–Kier alpha value is -2.12. The SMILES string of the molecule is N#Cc1ccc(F)c(Cn2cc3c(c2)C(O)CCCC3)c1. The van der Waals surface area contributed by atoms with E-state index in [1.54, 1.807) is 6.07 Å². The van der Waals surface area contributed by atoms with E-state index in [4.69, 9.17) is 5.26 Å². The Kier molecular flexibility index (Phi) is 3.76. The van der Waals surface area contributed by atoms with Crippen molar-refractivity contribution in [3.63, 3.8) is 0 Å². The molecule has 1 aromatic carbocycles. The molecule has 1 heterocycles. The third kappa shape index (κ3) is 2.84. The molecule has 108 valence electrons. The van der Waals surface area contributed by atoms with Gasteiger partial charge in [-0.05, 0) is 43.0 Å². The molecule has 0 aliphatic heterocycles. The maximum absolute atomic E-state index is 13.8. The number of hydrogen-bond acceptors (Lipinski definition) is 2. The zero-order valence-corrected chi connectivity index (χ0v) is 11.7. The number of aliphatic hydroxyl groups excluding tert-OH is 1. The summed E-state index contributed by atoms with van der Waals surface area (Å²) in [6, 6.07) is 6.42. The Bertz CT molecular complexity index is 699. The summed E-state index contributed by atoms with van der Waals surface area (Å²) in [6.07, 6.45) is 7.34. The number of nitriles is 1. The van der Waals surface area contributed by atoms with Crippen LogP contribution < -0.4 is 0 Å². The van der Waals surface area contributed by atoms with E-state index in [1.165, 1.54) is 12.1 Å². The van der Waals surface area contributed by atoms with Crippen LogP contribution in [0.1, 0.15) is 47.6 Å². The second-order valence-electron chi connectivity index (χ2n) is 5.59. The lowest BCUT2D eigenvalue weighted by molar-refractivity contribution is 0.166. The van der Waals surface area contributed by atoms with E-state index < -0.39 is 6.10 Å². The van der Waals surface area contributed by atoms with Crippen LogP contribution in [0.3, 0.4) is 0 Å². The molecule has 0 fully saturated rings. The minimum atomic E-state index is -0.418. The monoisotopic (exact) mass is 284 g/mol. The average molecular weight is 284 g/mol. The van der Waals surface area contributed by atoms with Gasteiger partial charge in [-0.2, -0.15) is 5.26 Å². The highest BCUT2D eigenvalue weighted by atomic mass is 19.1. The molecular weight excluding hydrogens is 267 g/mol. The highest BCUT2D eigenvalue weighted by Crippen LogP contribution is 2.29. The first-order valence-electron chi connectivity index (χ1n) is 7.22. The summed E-state index contributed by atoms with van der Waals surface area (Å²) in [5.41, 5.74) is 3.06.